The van der Waals surface area contributed by atoms with Gasteiger partial charge in [0.1, 0.15) is 6.04 Å². The summed E-state index contributed by atoms with van der Waals surface area (Å²) in [5.74, 6) is 0.624. The molecule has 0 radical (unpaired) electrons. The molecular weight excluding hydrogens is 495 g/mol. The minimum Gasteiger partial charge on any atom is -0.328 e. The van der Waals surface area contributed by atoms with Crippen molar-refractivity contribution in [1.29, 1.82) is 0 Å². The first-order valence-corrected chi connectivity index (χ1v) is 11.4. The Hall–Kier alpha value is -3.39. The maximum absolute atomic E-state index is 13.5. The molecule has 0 spiro atoms. The molecule has 34 heavy (non-hydrogen) atoms. The van der Waals surface area contributed by atoms with Crippen LogP contribution in [-0.2, 0) is 4.79 Å². The molecule has 2 N–H and O–H groups in total. The number of nitrogens with zero attached hydrogens (tertiary/aromatic N) is 4. The summed E-state index contributed by atoms with van der Waals surface area (Å²) in [4.78, 5) is 22.2. The predicted molar refractivity (Wildman–Crippen MR) is 134 cm³/mol. The molecule has 1 unspecified atom stereocenters. The number of fused-ring (bicyclic) bond motifs is 1. The van der Waals surface area contributed by atoms with Gasteiger partial charge in [0, 0.05) is 28.0 Å². The van der Waals surface area contributed by atoms with Crippen molar-refractivity contribution in [3.05, 3.63) is 98.9 Å². The van der Waals surface area contributed by atoms with Crippen LogP contribution in [0.2, 0.25) is 15.1 Å². The summed E-state index contributed by atoms with van der Waals surface area (Å²) in [6.07, 6.45) is 3.21. The van der Waals surface area contributed by atoms with Gasteiger partial charge in [0.05, 0.1) is 27.5 Å². The number of hydrogen-bond acceptors (Lipinski definition) is 5. The first-order chi connectivity index (χ1) is 16.4. The van der Waals surface area contributed by atoms with Crippen LogP contribution in [0.25, 0.3) is 11.4 Å². The van der Waals surface area contributed by atoms with Crippen molar-refractivity contribution in [1.82, 2.24) is 19.7 Å². The molecule has 1 aliphatic heterocycles. The summed E-state index contributed by atoms with van der Waals surface area (Å²) < 4.78 is 1.65. The highest BCUT2D eigenvalue weighted by atomic mass is 35.5. The summed E-state index contributed by atoms with van der Waals surface area (Å²) in [6, 6.07) is 15.3. The maximum Gasteiger partial charge on any atom is 0.255 e. The van der Waals surface area contributed by atoms with Crippen molar-refractivity contribution in [2.45, 2.75) is 13.0 Å². The van der Waals surface area contributed by atoms with E-state index in [1.165, 1.54) is 0 Å². The Morgan fingerprint density at radius 3 is 2.59 bits per heavy atom. The van der Waals surface area contributed by atoms with Crippen molar-refractivity contribution < 1.29 is 4.79 Å². The summed E-state index contributed by atoms with van der Waals surface area (Å²) >= 11 is 19.0. The lowest BCUT2D eigenvalue weighted by molar-refractivity contribution is -0.113. The summed E-state index contributed by atoms with van der Waals surface area (Å²) in [5.41, 5.74) is 3.01. The molecule has 170 valence electrons. The zero-order valence-electron chi connectivity index (χ0n) is 17.8. The lowest BCUT2D eigenvalue weighted by Crippen LogP contribution is -2.31. The van der Waals surface area contributed by atoms with Crippen LogP contribution in [0.1, 0.15) is 18.5 Å². The van der Waals surface area contributed by atoms with E-state index < -0.39 is 6.04 Å². The minimum atomic E-state index is -0.673. The normalized spacial score (nSPS) is 15.0. The van der Waals surface area contributed by atoms with Crippen molar-refractivity contribution in [2.75, 3.05) is 10.6 Å². The van der Waals surface area contributed by atoms with Crippen LogP contribution in [0.3, 0.4) is 0 Å². The second kappa shape index (κ2) is 9.10. The number of carbonyl (C=O) groups excluding carboxylic acids is 1. The molecule has 0 aliphatic carbocycles. The largest absolute Gasteiger partial charge is 0.328 e. The molecule has 2 aromatic carbocycles. The number of benzene rings is 2. The zero-order valence-corrected chi connectivity index (χ0v) is 20.0. The first kappa shape index (κ1) is 22.4. The van der Waals surface area contributed by atoms with E-state index in [0.29, 0.717) is 49.4 Å². The van der Waals surface area contributed by atoms with Crippen molar-refractivity contribution >= 4 is 52.3 Å². The number of nitrogens with one attached hydrogen (secondary N) is 2. The van der Waals surface area contributed by atoms with E-state index in [9.17, 15) is 4.79 Å². The average molecular weight is 512 g/mol. The Kier molecular flexibility index (Phi) is 6.00. The fourth-order valence-corrected chi connectivity index (χ4v) is 4.36. The third-order valence-electron chi connectivity index (χ3n) is 5.40. The van der Waals surface area contributed by atoms with Gasteiger partial charge in [0.25, 0.3) is 5.91 Å². The van der Waals surface area contributed by atoms with Gasteiger partial charge < -0.3 is 10.6 Å². The Morgan fingerprint density at radius 1 is 1.06 bits per heavy atom. The Bertz CT molecular complexity index is 1420. The number of aromatic nitrogens is 4. The summed E-state index contributed by atoms with van der Waals surface area (Å²) in [6.45, 7) is 1.81. The van der Waals surface area contributed by atoms with Crippen LogP contribution < -0.4 is 10.6 Å². The third-order valence-corrected chi connectivity index (χ3v) is 6.48. The van der Waals surface area contributed by atoms with Crippen molar-refractivity contribution in [3.8, 4) is 11.4 Å². The van der Waals surface area contributed by atoms with Crippen LogP contribution in [0, 0.1) is 0 Å². The third kappa shape index (κ3) is 4.14. The molecule has 3 heterocycles. The zero-order chi connectivity index (χ0) is 23.8. The van der Waals surface area contributed by atoms with E-state index in [4.69, 9.17) is 39.9 Å². The lowest BCUT2D eigenvalue weighted by Gasteiger charge is -2.29. The van der Waals surface area contributed by atoms with Crippen LogP contribution >= 0.6 is 34.8 Å². The lowest BCUT2D eigenvalue weighted by atomic mass is 9.95. The van der Waals surface area contributed by atoms with E-state index >= 15 is 0 Å². The van der Waals surface area contributed by atoms with E-state index in [0.717, 1.165) is 5.56 Å². The number of halogens is 3. The van der Waals surface area contributed by atoms with Gasteiger partial charge in [0.2, 0.25) is 5.95 Å². The molecule has 10 heteroatoms. The Morgan fingerprint density at radius 2 is 1.85 bits per heavy atom. The molecule has 0 saturated heterocycles. The van der Waals surface area contributed by atoms with E-state index in [1.807, 2.05) is 25.1 Å². The van der Waals surface area contributed by atoms with Gasteiger partial charge in [-0.25, -0.2) is 4.68 Å². The average Bonchev–Trinajstić information content (AvgIpc) is 3.25. The standard InChI is InChI=1S/C24H17Cl3N6O/c1-13-19(23(34)30-16-4-3-11-28-12-16)21(17-5-2-6-18(26)20(17)27)33-24(29-13)31-22(32-33)14-7-9-15(25)10-8-14/h2-12,21H,1H3,(H,30,34)(H,29,31,32). The van der Waals surface area contributed by atoms with Gasteiger partial charge in [-0.05, 0) is 49.4 Å². The number of anilines is 2. The Balaban J connectivity index is 1.64. The van der Waals surface area contributed by atoms with Gasteiger partial charge in [0.15, 0.2) is 5.82 Å². The molecule has 4 aromatic rings. The molecular formula is C24H17Cl3N6O. The molecule has 0 fully saturated rings. The number of carbonyl (C=O) groups is 1. The second-order valence-corrected chi connectivity index (χ2v) is 8.84. The van der Waals surface area contributed by atoms with Crippen LogP contribution in [-0.4, -0.2) is 25.7 Å². The highest BCUT2D eigenvalue weighted by Gasteiger charge is 2.36. The molecule has 5 rings (SSSR count). The minimum absolute atomic E-state index is 0.326. The molecule has 0 bridgehead atoms. The van der Waals surface area contributed by atoms with Crippen LogP contribution in [0.15, 0.2) is 78.3 Å². The molecule has 1 aliphatic rings. The van der Waals surface area contributed by atoms with Crippen molar-refractivity contribution in [3.63, 3.8) is 0 Å². The fourth-order valence-electron chi connectivity index (χ4n) is 3.82. The van der Waals surface area contributed by atoms with Crippen LogP contribution in [0.4, 0.5) is 11.6 Å². The monoisotopic (exact) mass is 510 g/mol. The summed E-state index contributed by atoms with van der Waals surface area (Å²) in [5, 5.41) is 12.2. The van der Waals surface area contributed by atoms with E-state index in [1.54, 1.807) is 53.5 Å². The molecule has 1 atom stereocenters. The topological polar surface area (TPSA) is 84.7 Å². The first-order valence-electron chi connectivity index (χ1n) is 10.3. The number of pyridine rings is 1. The number of hydrogen-bond donors (Lipinski definition) is 2. The van der Waals surface area contributed by atoms with Gasteiger partial charge in [-0.1, -0.05) is 46.9 Å². The number of rotatable bonds is 4. The predicted octanol–water partition coefficient (Wildman–Crippen LogP) is 6.23. The summed E-state index contributed by atoms with van der Waals surface area (Å²) in [7, 11) is 0. The molecule has 1 amide bonds. The molecule has 0 saturated carbocycles. The van der Waals surface area contributed by atoms with Gasteiger partial charge in [-0.15, -0.1) is 5.10 Å². The van der Waals surface area contributed by atoms with Crippen LogP contribution in [0.5, 0.6) is 0 Å². The van der Waals surface area contributed by atoms with Gasteiger partial charge >= 0.3 is 0 Å². The SMILES string of the molecule is CC1=C(C(=O)Nc2cccnc2)C(c2cccc(Cl)c2Cl)n2nc(-c3ccc(Cl)cc3)nc2N1. The Labute approximate surface area is 210 Å². The van der Waals surface area contributed by atoms with Gasteiger partial charge in [-0.3, -0.25) is 9.78 Å². The maximum atomic E-state index is 13.5. The number of allylic oxidation sites excluding steroid dienone is 1. The fraction of sp³-hybridized carbons (Fsp3) is 0.0833. The second-order valence-electron chi connectivity index (χ2n) is 7.62. The van der Waals surface area contributed by atoms with Gasteiger partial charge in [-0.2, -0.15) is 4.98 Å². The molecule has 7 nitrogen and oxygen atoms in total. The number of amides is 1. The van der Waals surface area contributed by atoms with Crippen molar-refractivity contribution in [2.24, 2.45) is 0 Å². The highest BCUT2D eigenvalue weighted by molar-refractivity contribution is 6.42. The quantitative estimate of drug-likeness (QED) is 0.339. The smallest absolute Gasteiger partial charge is 0.255 e. The van der Waals surface area contributed by atoms with E-state index in [2.05, 4.69) is 20.6 Å². The molecule has 2 aromatic heterocycles. The van der Waals surface area contributed by atoms with E-state index in [-0.39, 0.29) is 5.91 Å². The highest BCUT2D eigenvalue weighted by Crippen LogP contribution is 2.41.